The van der Waals surface area contributed by atoms with Gasteiger partial charge in [-0.05, 0) is 42.5 Å². The number of carbonyl (C=O) groups is 1. The second kappa shape index (κ2) is 6.89. The highest BCUT2D eigenvalue weighted by atomic mass is 79.9. The number of thiocarbonyl (C=S) groups is 1. The fourth-order valence-electron chi connectivity index (χ4n) is 1.65. The van der Waals surface area contributed by atoms with E-state index in [0.29, 0.717) is 22.0 Å². The van der Waals surface area contributed by atoms with E-state index in [1.165, 1.54) is 0 Å². The van der Waals surface area contributed by atoms with Crippen molar-refractivity contribution in [3.63, 3.8) is 0 Å². The Labute approximate surface area is 140 Å². The van der Waals surface area contributed by atoms with E-state index >= 15 is 0 Å². The SMILES string of the molecule is NC(=S)c1cc(Br)ccc1NC(=O)Nc1ccc(Cl)cc1. The molecule has 0 spiro atoms. The van der Waals surface area contributed by atoms with Crippen LogP contribution in [-0.2, 0) is 0 Å². The standard InChI is InChI=1S/C14H11BrClN3OS/c15-8-1-6-12(11(7-8)13(17)21)19-14(20)18-10-4-2-9(16)3-5-10/h1-7H,(H2,17,21)(H2,18,19,20). The lowest BCUT2D eigenvalue weighted by molar-refractivity contribution is 0.262. The van der Waals surface area contributed by atoms with Gasteiger partial charge in [0.25, 0.3) is 0 Å². The lowest BCUT2D eigenvalue weighted by Crippen LogP contribution is -2.22. The lowest BCUT2D eigenvalue weighted by Gasteiger charge is -2.11. The molecule has 0 saturated carbocycles. The van der Waals surface area contributed by atoms with Gasteiger partial charge in [0.1, 0.15) is 4.99 Å². The smallest absolute Gasteiger partial charge is 0.323 e. The molecule has 0 bridgehead atoms. The molecule has 4 N–H and O–H groups in total. The van der Waals surface area contributed by atoms with Gasteiger partial charge in [-0.25, -0.2) is 4.79 Å². The van der Waals surface area contributed by atoms with Gasteiger partial charge in [-0.3, -0.25) is 0 Å². The summed E-state index contributed by atoms with van der Waals surface area (Å²) in [5.41, 5.74) is 7.41. The summed E-state index contributed by atoms with van der Waals surface area (Å²) < 4.78 is 0.828. The molecule has 4 nitrogen and oxygen atoms in total. The van der Waals surface area contributed by atoms with Crippen LogP contribution in [0.25, 0.3) is 0 Å². The zero-order valence-electron chi connectivity index (χ0n) is 10.7. The Balaban J connectivity index is 2.12. The van der Waals surface area contributed by atoms with E-state index in [2.05, 4.69) is 26.6 Å². The van der Waals surface area contributed by atoms with Crippen molar-refractivity contribution >= 4 is 62.1 Å². The zero-order chi connectivity index (χ0) is 15.4. The summed E-state index contributed by atoms with van der Waals surface area (Å²) in [5.74, 6) is 0. The van der Waals surface area contributed by atoms with Crippen molar-refractivity contribution in [2.24, 2.45) is 5.73 Å². The van der Waals surface area contributed by atoms with Crippen molar-refractivity contribution in [1.29, 1.82) is 0 Å². The Morgan fingerprint density at radius 3 is 2.43 bits per heavy atom. The van der Waals surface area contributed by atoms with E-state index in [-0.39, 0.29) is 4.99 Å². The van der Waals surface area contributed by atoms with E-state index in [0.717, 1.165) is 4.47 Å². The van der Waals surface area contributed by atoms with Crippen molar-refractivity contribution in [3.05, 3.63) is 57.5 Å². The summed E-state index contributed by atoms with van der Waals surface area (Å²) in [7, 11) is 0. The Morgan fingerprint density at radius 1 is 1.14 bits per heavy atom. The van der Waals surface area contributed by atoms with Crippen molar-refractivity contribution in [1.82, 2.24) is 0 Å². The second-order valence-electron chi connectivity index (χ2n) is 4.14. The van der Waals surface area contributed by atoms with E-state index in [4.69, 9.17) is 29.6 Å². The van der Waals surface area contributed by atoms with Crippen LogP contribution in [0.3, 0.4) is 0 Å². The van der Waals surface area contributed by atoms with Crippen LogP contribution in [0.1, 0.15) is 5.56 Å². The molecule has 0 radical (unpaired) electrons. The van der Waals surface area contributed by atoms with Crippen molar-refractivity contribution in [2.75, 3.05) is 10.6 Å². The maximum atomic E-state index is 12.0. The number of benzene rings is 2. The van der Waals surface area contributed by atoms with Crippen molar-refractivity contribution in [3.8, 4) is 0 Å². The van der Waals surface area contributed by atoms with Crippen LogP contribution in [0.2, 0.25) is 5.02 Å². The van der Waals surface area contributed by atoms with Gasteiger partial charge in [0, 0.05) is 20.7 Å². The molecule has 2 rings (SSSR count). The molecule has 0 saturated heterocycles. The van der Waals surface area contributed by atoms with Crippen molar-refractivity contribution < 1.29 is 4.79 Å². The molecule has 0 heterocycles. The summed E-state index contributed by atoms with van der Waals surface area (Å²) in [4.78, 5) is 12.2. The number of nitrogens with one attached hydrogen (secondary N) is 2. The van der Waals surface area contributed by atoms with Gasteiger partial charge < -0.3 is 16.4 Å². The predicted octanol–water partition coefficient (Wildman–Crippen LogP) is 4.38. The number of hydrogen-bond acceptors (Lipinski definition) is 2. The van der Waals surface area contributed by atoms with Gasteiger partial charge in [-0.2, -0.15) is 0 Å². The number of halogens is 2. The molecule has 2 aromatic carbocycles. The molecule has 0 unspecified atom stereocenters. The largest absolute Gasteiger partial charge is 0.389 e. The Morgan fingerprint density at radius 2 is 1.81 bits per heavy atom. The highest BCUT2D eigenvalue weighted by Crippen LogP contribution is 2.21. The molecule has 0 aliphatic rings. The maximum absolute atomic E-state index is 12.0. The number of nitrogens with two attached hydrogens (primary N) is 1. The Bertz CT molecular complexity index is 691. The van der Waals surface area contributed by atoms with Gasteiger partial charge in [-0.15, -0.1) is 0 Å². The van der Waals surface area contributed by atoms with Crippen LogP contribution in [0.5, 0.6) is 0 Å². The molecule has 0 aromatic heterocycles. The normalized spacial score (nSPS) is 10.0. The van der Waals surface area contributed by atoms with E-state index in [9.17, 15) is 4.79 Å². The Kier molecular flexibility index (Phi) is 5.17. The van der Waals surface area contributed by atoms with Gasteiger partial charge in [0.15, 0.2) is 0 Å². The number of amides is 2. The molecule has 0 fully saturated rings. The summed E-state index contributed by atoms with van der Waals surface area (Å²) in [6.07, 6.45) is 0. The molecule has 7 heteroatoms. The third-order valence-corrected chi connectivity index (χ3v) is 3.56. The molecule has 0 atom stereocenters. The molecule has 2 amide bonds. The minimum absolute atomic E-state index is 0.207. The first-order valence-electron chi connectivity index (χ1n) is 5.88. The molecule has 0 aliphatic carbocycles. The molecule has 108 valence electrons. The minimum atomic E-state index is -0.392. The molecular formula is C14H11BrClN3OS. The monoisotopic (exact) mass is 383 g/mol. The van der Waals surface area contributed by atoms with E-state index in [1.807, 2.05) is 0 Å². The molecule has 0 aliphatic heterocycles. The molecule has 21 heavy (non-hydrogen) atoms. The van der Waals surface area contributed by atoms with E-state index < -0.39 is 6.03 Å². The average molecular weight is 385 g/mol. The third-order valence-electron chi connectivity index (χ3n) is 2.60. The number of hydrogen-bond donors (Lipinski definition) is 3. The van der Waals surface area contributed by atoms with Crippen LogP contribution in [0.4, 0.5) is 16.2 Å². The number of carbonyl (C=O) groups excluding carboxylic acids is 1. The molecular weight excluding hydrogens is 374 g/mol. The number of anilines is 2. The second-order valence-corrected chi connectivity index (χ2v) is 5.93. The first-order valence-corrected chi connectivity index (χ1v) is 7.46. The third kappa shape index (κ3) is 4.42. The van der Waals surface area contributed by atoms with Gasteiger partial charge >= 0.3 is 6.03 Å². The maximum Gasteiger partial charge on any atom is 0.323 e. The van der Waals surface area contributed by atoms with Crippen molar-refractivity contribution in [2.45, 2.75) is 0 Å². The minimum Gasteiger partial charge on any atom is -0.389 e. The average Bonchev–Trinajstić information content (AvgIpc) is 2.43. The first-order chi connectivity index (χ1) is 9.95. The van der Waals surface area contributed by atoms with Gasteiger partial charge in [-0.1, -0.05) is 39.7 Å². The summed E-state index contributed by atoms with van der Waals surface area (Å²) in [6, 6.07) is 11.7. The zero-order valence-corrected chi connectivity index (χ0v) is 13.8. The topological polar surface area (TPSA) is 67.1 Å². The first kappa shape index (κ1) is 15.8. The highest BCUT2D eigenvalue weighted by Gasteiger charge is 2.09. The van der Waals surface area contributed by atoms with Gasteiger partial charge in [0.2, 0.25) is 0 Å². The van der Waals surface area contributed by atoms with Crippen LogP contribution in [0.15, 0.2) is 46.9 Å². The summed E-state index contributed by atoms with van der Waals surface area (Å²) >= 11 is 14.1. The lowest BCUT2D eigenvalue weighted by atomic mass is 10.2. The van der Waals surface area contributed by atoms with Crippen LogP contribution in [0, 0.1) is 0 Å². The Hall–Kier alpha value is -1.63. The summed E-state index contributed by atoms with van der Waals surface area (Å²) in [5, 5.41) is 6.01. The van der Waals surface area contributed by atoms with Crippen LogP contribution < -0.4 is 16.4 Å². The fourth-order valence-corrected chi connectivity index (χ4v) is 2.30. The van der Waals surface area contributed by atoms with Gasteiger partial charge in [0.05, 0.1) is 5.69 Å². The summed E-state index contributed by atoms with van der Waals surface area (Å²) in [6.45, 7) is 0. The predicted molar refractivity (Wildman–Crippen MR) is 94.1 cm³/mol. The fraction of sp³-hybridized carbons (Fsp3) is 0. The number of rotatable bonds is 3. The molecule has 2 aromatic rings. The van der Waals surface area contributed by atoms with Crippen LogP contribution in [-0.4, -0.2) is 11.0 Å². The quantitative estimate of drug-likeness (QED) is 0.688. The number of urea groups is 1. The van der Waals surface area contributed by atoms with Crippen LogP contribution >= 0.6 is 39.7 Å². The highest BCUT2D eigenvalue weighted by molar-refractivity contribution is 9.10. The van der Waals surface area contributed by atoms with E-state index in [1.54, 1.807) is 42.5 Å².